The van der Waals surface area contributed by atoms with Crippen molar-refractivity contribution in [2.75, 3.05) is 0 Å². The Hall–Kier alpha value is -1.08. The van der Waals surface area contributed by atoms with Crippen LogP contribution in [0.15, 0.2) is 36.4 Å². The maximum atomic E-state index is 3.77. The molecule has 0 radical (unpaired) electrons. The maximum absolute atomic E-state index is 3.77. The van der Waals surface area contributed by atoms with E-state index < -0.39 is 0 Å². The minimum Gasteiger partial charge on any atom is -0.307 e. The summed E-state index contributed by atoms with van der Waals surface area (Å²) in [7, 11) is 0. The first-order valence-corrected chi connectivity index (χ1v) is 6.73. The van der Waals surface area contributed by atoms with Crippen molar-refractivity contribution < 1.29 is 0 Å². The quantitative estimate of drug-likeness (QED) is 0.778. The Kier molecular flexibility index (Phi) is 2.79. The Morgan fingerprint density at radius 1 is 1.24 bits per heavy atom. The van der Waals surface area contributed by atoms with Gasteiger partial charge < -0.3 is 5.32 Å². The predicted molar refractivity (Wildman–Crippen MR) is 71.9 cm³/mol. The number of benzene rings is 1. The normalized spacial score (nSPS) is 32.0. The summed E-state index contributed by atoms with van der Waals surface area (Å²) < 4.78 is 0. The molecule has 1 aromatic rings. The van der Waals surface area contributed by atoms with E-state index >= 15 is 0 Å². The predicted octanol–water partition coefficient (Wildman–Crippen LogP) is 3.61. The van der Waals surface area contributed by atoms with Crippen molar-refractivity contribution in [1.82, 2.24) is 5.32 Å². The van der Waals surface area contributed by atoms with Gasteiger partial charge in [0.1, 0.15) is 0 Å². The number of nitrogens with one attached hydrogen (secondary N) is 1. The second kappa shape index (κ2) is 4.30. The highest BCUT2D eigenvalue weighted by atomic mass is 15.0. The summed E-state index contributed by atoms with van der Waals surface area (Å²) in [6, 6.07) is 10.1. The molecule has 1 N–H and O–H groups in total. The average molecular weight is 227 g/mol. The molecule has 1 heteroatoms. The van der Waals surface area contributed by atoms with Crippen LogP contribution < -0.4 is 5.32 Å². The van der Waals surface area contributed by atoms with Crippen LogP contribution in [0.25, 0.3) is 0 Å². The van der Waals surface area contributed by atoms with Gasteiger partial charge in [0.15, 0.2) is 0 Å². The van der Waals surface area contributed by atoms with E-state index in [4.69, 9.17) is 0 Å². The SMILES string of the molecule is Cc1ccc([C@H](C)NC2CC3CC=CC32)cc1. The molecule has 0 amide bonds. The second-order valence-corrected chi connectivity index (χ2v) is 5.64. The van der Waals surface area contributed by atoms with E-state index in [1.807, 2.05) is 0 Å². The van der Waals surface area contributed by atoms with Crippen LogP contribution in [0.3, 0.4) is 0 Å². The Bertz CT molecular complexity index is 418. The average Bonchev–Trinajstić information content (AvgIpc) is 2.68. The molecule has 2 aliphatic carbocycles. The topological polar surface area (TPSA) is 12.0 Å². The van der Waals surface area contributed by atoms with Crippen molar-refractivity contribution in [1.29, 1.82) is 0 Å². The lowest BCUT2D eigenvalue weighted by molar-refractivity contribution is 0.152. The Labute approximate surface area is 104 Å². The van der Waals surface area contributed by atoms with Crippen molar-refractivity contribution in [3.05, 3.63) is 47.5 Å². The van der Waals surface area contributed by atoms with Crippen molar-refractivity contribution in [3.8, 4) is 0 Å². The molecule has 1 fully saturated rings. The monoisotopic (exact) mass is 227 g/mol. The summed E-state index contributed by atoms with van der Waals surface area (Å²) in [5.41, 5.74) is 2.74. The fraction of sp³-hybridized carbons (Fsp3) is 0.500. The summed E-state index contributed by atoms with van der Waals surface area (Å²) in [6.45, 7) is 4.42. The molecular weight excluding hydrogens is 206 g/mol. The minimum atomic E-state index is 0.468. The van der Waals surface area contributed by atoms with Crippen LogP contribution in [-0.4, -0.2) is 6.04 Å². The standard InChI is InChI=1S/C16H21N/c1-11-6-8-13(9-7-11)12(2)17-16-10-14-4-3-5-15(14)16/h3,5-9,12,14-17H,4,10H2,1-2H3/t12-,14?,15?,16?/m0/s1. The largest absolute Gasteiger partial charge is 0.307 e. The van der Waals surface area contributed by atoms with Gasteiger partial charge in [-0.15, -0.1) is 0 Å². The molecule has 0 spiro atoms. The fourth-order valence-electron chi connectivity index (χ4n) is 3.18. The zero-order valence-corrected chi connectivity index (χ0v) is 10.7. The minimum absolute atomic E-state index is 0.468. The Morgan fingerprint density at radius 3 is 2.71 bits per heavy atom. The number of hydrogen-bond donors (Lipinski definition) is 1. The second-order valence-electron chi connectivity index (χ2n) is 5.64. The Balaban J connectivity index is 1.62. The van der Waals surface area contributed by atoms with Crippen LogP contribution in [0, 0.1) is 18.8 Å². The zero-order chi connectivity index (χ0) is 11.8. The fourth-order valence-corrected chi connectivity index (χ4v) is 3.18. The van der Waals surface area contributed by atoms with Crippen LogP contribution in [0.2, 0.25) is 0 Å². The van der Waals surface area contributed by atoms with Crippen molar-refractivity contribution in [3.63, 3.8) is 0 Å². The van der Waals surface area contributed by atoms with Crippen LogP contribution >= 0.6 is 0 Å². The van der Waals surface area contributed by atoms with Gasteiger partial charge >= 0.3 is 0 Å². The number of hydrogen-bond acceptors (Lipinski definition) is 1. The van der Waals surface area contributed by atoms with Gasteiger partial charge in [0.2, 0.25) is 0 Å². The third-order valence-corrected chi connectivity index (χ3v) is 4.40. The highest BCUT2D eigenvalue weighted by Crippen LogP contribution is 2.43. The molecule has 0 aromatic heterocycles. The Morgan fingerprint density at radius 2 is 2.00 bits per heavy atom. The number of fused-ring (bicyclic) bond motifs is 1. The molecule has 90 valence electrons. The lowest BCUT2D eigenvalue weighted by Gasteiger charge is -2.42. The van der Waals surface area contributed by atoms with E-state index in [9.17, 15) is 0 Å². The molecule has 3 rings (SSSR count). The van der Waals surface area contributed by atoms with Gasteiger partial charge in [0, 0.05) is 12.1 Å². The summed E-state index contributed by atoms with van der Waals surface area (Å²) in [6.07, 6.45) is 7.43. The molecule has 1 saturated carbocycles. The first kappa shape index (κ1) is 11.0. The molecule has 0 heterocycles. The van der Waals surface area contributed by atoms with Crippen LogP contribution in [-0.2, 0) is 0 Å². The van der Waals surface area contributed by atoms with E-state index in [0.29, 0.717) is 12.1 Å². The molecule has 0 bridgehead atoms. The molecular formula is C16H21N. The van der Waals surface area contributed by atoms with Crippen molar-refractivity contribution in [2.24, 2.45) is 11.8 Å². The van der Waals surface area contributed by atoms with Gasteiger partial charge in [-0.3, -0.25) is 0 Å². The van der Waals surface area contributed by atoms with Gasteiger partial charge in [-0.25, -0.2) is 0 Å². The summed E-state index contributed by atoms with van der Waals surface area (Å²) >= 11 is 0. The molecule has 1 nitrogen and oxygen atoms in total. The van der Waals surface area contributed by atoms with Crippen LogP contribution in [0.4, 0.5) is 0 Å². The molecule has 4 atom stereocenters. The van der Waals surface area contributed by atoms with Crippen LogP contribution in [0.1, 0.15) is 36.9 Å². The lowest BCUT2D eigenvalue weighted by atomic mass is 9.71. The maximum Gasteiger partial charge on any atom is 0.0294 e. The third-order valence-electron chi connectivity index (χ3n) is 4.40. The molecule has 3 unspecified atom stereocenters. The van der Waals surface area contributed by atoms with E-state index in [1.165, 1.54) is 24.0 Å². The van der Waals surface area contributed by atoms with E-state index in [1.54, 1.807) is 0 Å². The summed E-state index contributed by atoms with van der Waals surface area (Å²) in [5.74, 6) is 1.75. The first-order valence-electron chi connectivity index (χ1n) is 6.73. The van der Waals surface area contributed by atoms with Gasteiger partial charge in [0.05, 0.1) is 0 Å². The number of aryl methyl sites for hydroxylation is 1. The van der Waals surface area contributed by atoms with Gasteiger partial charge in [-0.1, -0.05) is 42.0 Å². The van der Waals surface area contributed by atoms with Gasteiger partial charge in [-0.05, 0) is 44.1 Å². The molecule has 2 aliphatic rings. The highest BCUT2D eigenvalue weighted by Gasteiger charge is 2.41. The van der Waals surface area contributed by atoms with Crippen LogP contribution in [0.5, 0.6) is 0 Å². The summed E-state index contributed by atoms with van der Waals surface area (Å²) in [4.78, 5) is 0. The molecule has 17 heavy (non-hydrogen) atoms. The van der Waals surface area contributed by atoms with Gasteiger partial charge in [0.25, 0.3) is 0 Å². The van der Waals surface area contributed by atoms with Crippen molar-refractivity contribution >= 4 is 0 Å². The van der Waals surface area contributed by atoms with E-state index in [2.05, 4.69) is 55.6 Å². The zero-order valence-electron chi connectivity index (χ0n) is 10.7. The lowest BCUT2D eigenvalue weighted by Crippen LogP contribution is -2.48. The number of rotatable bonds is 3. The molecule has 0 aliphatic heterocycles. The number of allylic oxidation sites excluding steroid dienone is 1. The molecule has 1 aromatic carbocycles. The third kappa shape index (κ3) is 2.04. The summed E-state index contributed by atoms with van der Waals surface area (Å²) in [5, 5.41) is 3.77. The smallest absolute Gasteiger partial charge is 0.0294 e. The highest BCUT2D eigenvalue weighted by molar-refractivity contribution is 5.24. The van der Waals surface area contributed by atoms with Crippen molar-refractivity contribution in [2.45, 2.75) is 38.8 Å². The first-order chi connectivity index (χ1) is 8.24. The molecule has 0 saturated heterocycles. The van der Waals surface area contributed by atoms with E-state index in [-0.39, 0.29) is 0 Å². The van der Waals surface area contributed by atoms with E-state index in [0.717, 1.165) is 11.8 Å². The van der Waals surface area contributed by atoms with Gasteiger partial charge in [-0.2, -0.15) is 0 Å².